The number of likely N-dealkylation sites (N-methyl/N-ethyl adjacent to an activating group) is 1. The number of rotatable bonds is 12. The summed E-state index contributed by atoms with van der Waals surface area (Å²) in [6.07, 6.45) is 0.121. The molecule has 10 nitrogen and oxygen atoms in total. The summed E-state index contributed by atoms with van der Waals surface area (Å²) < 4.78 is 42.3. The van der Waals surface area contributed by atoms with Crippen molar-refractivity contribution in [2.45, 2.75) is 23.9 Å². The largest absolute Gasteiger partial charge is 0.357 e. The quantitative estimate of drug-likeness (QED) is 0.189. The predicted octanol–water partition coefficient (Wildman–Crippen LogP) is 4.32. The van der Waals surface area contributed by atoms with Crippen molar-refractivity contribution in [1.29, 1.82) is 0 Å². The zero-order valence-corrected chi connectivity index (χ0v) is 24.0. The molecule has 0 unspecified atom stereocenters. The zero-order chi connectivity index (χ0) is 31.0. The first-order chi connectivity index (χ1) is 20.6. The van der Waals surface area contributed by atoms with Crippen LogP contribution in [0.3, 0.4) is 0 Å². The lowest BCUT2D eigenvalue weighted by Gasteiger charge is -2.33. The third kappa shape index (κ3) is 7.60. The Bertz CT molecular complexity index is 1670. The number of nitro benzene ring substituents is 1. The summed E-state index contributed by atoms with van der Waals surface area (Å²) in [6, 6.07) is 25.6. The van der Waals surface area contributed by atoms with Gasteiger partial charge in [-0.25, -0.2) is 12.8 Å². The van der Waals surface area contributed by atoms with Gasteiger partial charge in [0.2, 0.25) is 11.8 Å². The third-order valence-electron chi connectivity index (χ3n) is 6.74. The fraction of sp³-hybridized carbons (Fsp3) is 0.161. The molecule has 4 rings (SSSR count). The smallest absolute Gasteiger partial charge is 0.269 e. The molecular formula is C31H29FN4O6S. The van der Waals surface area contributed by atoms with Crippen LogP contribution in [0.5, 0.6) is 0 Å². The minimum Gasteiger partial charge on any atom is -0.357 e. The molecule has 0 aliphatic rings. The zero-order valence-electron chi connectivity index (χ0n) is 23.2. The maximum absolute atomic E-state index is 14.2. The van der Waals surface area contributed by atoms with Crippen molar-refractivity contribution < 1.29 is 27.3 Å². The molecule has 43 heavy (non-hydrogen) atoms. The third-order valence-corrected chi connectivity index (χ3v) is 8.53. The van der Waals surface area contributed by atoms with E-state index in [-0.39, 0.29) is 29.2 Å². The Labute approximate surface area is 248 Å². The van der Waals surface area contributed by atoms with E-state index in [2.05, 4.69) is 5.32 Å². The van der Waals surface area contributed by atoms with Crippen LogP contribution in [0.15, 0.2) is 114 Å². The molecule has 2 amide bonds. The first-order valence-corrected chi connectivity index (χ1v) is 14.7. The summed E-state index contributed by atoms with van der Waals surface area (Å²) in [5, 5.41) is 13.8. The molecule has 1 atom stereocenters. The lowest BCUT2D eigenvalue weighted by atomic mass is 10.0. The Morgan fingerprint density at radius 3 is 2.00 bits per heavy atom. The average molecular weight is 605 g/mol. The van der Waals surface area contributed by atoms with Gasteiger partial charge in [-0.1, -0.05) is 60.7 Å². The van der Waals surface area contributed by atoms with Crippen LogP contribution in [0.2, 0.25) is 0 Å². The Balaban J connectivity index is 1.78. The summed E-state index contributed by atoms with van der Waals surface area (Å²) in [7, 11) is -2.90. The molecule has 0 spiro atoms. The van der Waals surface area contributed by atoms with Crippen LogP contribution < -0.4 is 9.62 Å². The van der Waals surface area contributed by atoms with E-state index in [0.29, 0.717) is 5.56 Å². The van der Waals surface area contributed by atoms with Crippen LogP contribution in [0.1, 0.15) is 11.1 Å². The molecular weight excluding hydrogens is 575 g/mol. The molecule has 0 aliphatic heterocycles. The van der Waals surface area contributed by atoms with Gasteiger partial charge in [0.05, 0.1) is 15.5 Å². The molecule has 4 aromatic carbocycles. The maximum Gasteiger partial charge on any atom is 0.269 e. The molecule has 0 aromatic heterocycles. The van der Waals surface area contributed by atoms with Crippen molar-refractivity contribution in [2.24, 2.45) is 0 Å². The lowest BCUT2D eigenvalue weighted by molar-refractivity contribution is -0.384. The van der Waals surface area contributed by atoms with Gasteiger partial charge < -0.3 is 10.2 Å². The number of hydrogen-bond acceptors (Lipinski definition) is 6. The number of carbonyl (C=O) groups excluding carboxylic acids is 2. The molecule has 222 valence electrons. The van der Waals surface area contributed by atoms with Crippen LogP contribution in [0.4, 0.5) is 15.8 Å². The fourth-order valence-electron chi connectivity index (χ4n) is 4.50. The summed E-state index contributed by atoms with van der Waals surface area (Å²) in [5.41, 5.74) is 1.04. The molecule has 12 heteroatoms. The van der Waals surface area contributed by atoms with E-state index in [1.807, 2.05) is 6.07 Å². The van der Waals surface area contributed by atoms with Crippen LogP contribution in [0, 0.1) is 15.9 Å². The second-order valence-corrected chi connectivity index (χ2v) is 11.4. The Morgan fingerprint density at radius 2 is 1.44 bits per heavy atom. The number of hydrogen-bond donors (Lipinski definition) is 1. The SMILES string of the molecule is CNC(=O)[C@H](Cc1ccccc1)N(Cc1ccc(F)cc1)C(=O)CN(c1ccc([N+](=O)[O-])cc1)S(=O)(=O)c1ccccc1. The second kappa shape index (κ2) is 13.7. The van der Waals surface area contributed by atoms with Crippen LogP contribution in [-0.2, 0) is 32.6 Å². The number of halogens is 1. The van der Waals surface area contributed by atoms with Gasteiger partial charge in [-0.2, -0.15) is 0 Å². The predicted molar refractivity (Wildman–Crippen MR) is 159 cm³/mol. The molecule has 1 N–H and O–H groups in total. The summed E-state index contributed by atoms with van der Waals surface area (Å²) >= 11 is 0. The van der Waals surface area contributed by atoms with Gasteiger partial charge in [0.15, 0.2) is 0 Å². The van der Waals surface area contributed by atoms with E-state index < -0.39 is 45.2 Å². The van der Waals surface area contributed by atoms with Crippen molar-refractivity contribution >= 4 is 33.2 Å². The molecule has 0 aliphatic carbocycles. The maximum atomic E-state index is 14.2. The minimum atomic E-state index is -4.34. The number of nitro groups is 1. The number of anilines is 1. The molecule has 0 fully saturated rings. The van der Waals surface area contributed by atoms with Crippen LogP contribution >= 0.6 is 0 Å². The molecule has 0 radical (unpaired) electrons. The van der Waals surface area contributed by atoms with Crippen molar-refractivity contribution in [3.8, 4) is 0 Å². The highest BCUT2D eigenvalue weighted by Gasteiger charge is 2.34. The van der Waals surface area contributed by atoms with Crippen molar-refractivity contribution in [3.63, 3.8) is 0 Å². The van der Waals surface area contributed by atoms with Gasteiger partial charge in [0.25, 0.3) is 15.7 Å². The van der Waals surface area contributed by atoms with Gasteiger partial charge in [0, 0.05) is 32.1 Å². The average Bonchev–Trinajstić information content (AvgIpc) is 3.02. The summed E-state index contributed by atoms with van der Waals surface area (Å²) in [5.74, 6) is -1.68. The van der Waals surface area contributed by atoms with Gasteiger partial charge in [-0.3, -0.25) is 24.0 Å². The van der Waals surface area contributed by atoms with Crippen LogP contribution in [0.25, 0.3) is 0 Å². The minimum absolute atomic E-state index is 0.0177. The highest BCUT2D eigenvalue weighted by atomic mass is 32.2. The highest BCUT2D eigenvalue weighted by molar-refractivity contribution is 7.92. The van der Waals surface area contributed by atoms with E-state index in [0.717, 1.165) is 22.0 Å². The van der Waals surface area contributed by atoms with E-state index >= 15 is 0 Å². The van der Waals surface area contributed by atoms with Crippen molar-refractivity contribution in [2.75, 3.05) is 17.9 Å². The van der Waals surface area contributed by atoms with E-state index in [1.54, 1.807) is 30.3 Å². The standard InChI is InChI=1S/C31H29FN4O6S/c1-33-31(38)29(20-23-8-4-2-5-9-23)34(21-24-12-14-25(32)15-13-24)30(37)22-35(26-16-18-27(19-17-26)36(39)40)43(41,42)28-10-6-3-7-11-28/h2-19,29H,20-22H2,1H3,(H,33,38)/t29-/m0/s1. The Morgan fingerprint density at radius 1 is 0.860 bits per heavy atom. The number of carbonyl (C=O) groups is 2. The lowest BCUT2D eigenvalue weighted by Crippen LogP contribution is -2.53. The first-order valence-electron chi connectivity index (χ1n) is 13.2. The van der Waals surface area contributed by atoms with Gasteiger partial charge in [-0.05, 0) is 47.5 Å². The Kier molecular flexibility index (Phi) is 9.83. The fourth-order valence-corrected chi connectivity index (χ4v) is 5.93. The molecule has 0 bridgehead atoms. The van der Waals surface area contributed by atoms with Gasteiger partial charge in [-0.15, -0.1) is 0 Å². The van der Waals surface area contributed by atoms with Crippen molar-refractivity contribution in [3.05, 3.63) is 136 Å². The van der Waals surface area contributed by atoms with E-state index in [9.17, 15) is 32.5 Å². The number of nitrogens with one attached hydrogen (secondary N) is 1. The first kappa shape index (κ1) is 30.8. The topological polar surface area (TPSA) is 130 Å². The number of non-ortho nitro benzene ring substituents is 1. The molecule has 0 saturated carbocycles. The molecule has 4 aromatic rings. The summed E-state index contributed by atoms with van der Waals surface area (Å²) in [6.45, 7) is -0.845. The monoisotopic (exact) mass is 604 g/mol. The number of amides is 2. The van der Waals surface area contributed by atoms with E-state index in [1.165, 1.54) is 72.6 Å². The van der Waals surface area contributed by atoms with Gasteiger partial charge >= 0.3 is 0 Å². The summed E-state index contributed by atoms with van der Waals surface area (Å²) in [4.78, 5) is 39.2. The van der Waals surface area contributed by atoms with Crippen molar-refractivity contribution in [1.82, 2.24) is 10.2 Å². The van der Waals surface area contributed by atoms with E-state index in [4.69, 9.17) is 0 Å². The highest BCUT2D eigenvalue weighted by Crippen LogP contribution is 2.27. The Hall–Kier alpha value is -5.10. The number of sulfonamides is 1. The van der Waals surface area contributed by atoms with Gasteiger partial charge in [0.1, 0.15) is 18.4 Å². The number of nitrogens with zero attached hydrogens (tertiary/aromatic N) is 3. The number of benzene rings is 4. The van der Waals surface area contributed by atoms with Crippen LogP contribution in [-0.4, -0.2) is 49.7 Å². The normalized spacial score (nSPS) is 11.8. The molecule has 0 saturated heterocycles. The molecule has 0 heterocycles. The second-order valence-electron chi connectivity index (χ2n) is 9.57.